The molecule has 0 aliphatic heterocycles. The van der Waals surface area contributed by atoms with Gasteiger partial charge in [-0.05, 0) is 13.1 Å². The first-order chi connectivity index (χ1) is 7.13. The molecule has 0 atom stereocenters. The van der Waals surface area contributed by atoms with Crippen molar-refractivity contribution in [1.29, 1.82) is 0 Å². The number of rotatable bonds is 5. The van der Waals surface area contributed by atoms with Crippen LogP contribution in [0.2, 0.25) is 0 Å². The van der Waals surface area contributed by atoms with E-state index in [4.69, 9.17) is 22.7 Å². The molecule has 3 nitrogen and oxygen atoms in total. The Bertz CT molecular complexity index is 341. The van der Waals surface area contributed by atoms with Crippen LogP contribution >= 0.6 is 12.2 Å². The lowest BCUT2D eigenvalue weighted by Gasteiger charge is -2.17. The van der Waals surface area contributed by atoms with Crippen LogP contribution in [-0.4, -0.2) is 30.6 Å². The normalized spacial score (nSPS) is 10.3. The Labute approximate surface area is 95.8 Å². The zero-order chi connectivity index (χ0) is 11.3. The van der Waals surface area contributed by atoms with Crippen LogP contribution in [0.5, 0.6) is 5.75 Å². The predicted octanol–water partition coefficient (Wildman–Crippen LogP) is 1.41. The van der Waals surface area contributed by atoms with Crippen molar-refractivity contribution in [2.75, 3.05) is 20.7 Å². The molecule has 15 heavy (non-hydrogen) atoms. The number of ether oxygens (including phenoxy) is 1. The molecule has 0 aliphatic carbocycles. The number of benzene rings is 1. The van der Waals surface area contributed by atoms with Gasteiger partial charge in [0.15, 0.2) is 0 Å². The van der Waals surface area contributed by atoms with Crippen molar-refractivity contribution in [3.63, 3.8) is 0 Å². The molecule has 1 aromatic carbocycles. The van der Waals surface area contributed by atoms with Gasteiger partial charge >= 0.3 is 0 Å². The van der Waals surface area contributed by atoms with E-state index in [9.17, 15) is 0 Å². The average molecular weight is 224 g/mol. The number of methoxy groups -OCH3 is 1. The molecular weight excluding hydrogens is 208 g/mol. The van der Waals surface area contributed by atoms with Gasteiger partial charge in [-0.25, -0.2) is 0 Å². The van der Waals surface area contributed by atoms with Gasteiger partial charge in [0, 0.05) is 18.7 Å². The second kappa shape index (κ2) is 5.68. The highest BCUT2D eigenvalue weighted by atomic mass is 32.1. The summed E-state index contributed by atoms with van der Waals surface area (Å²) in [6.07, 6.45) is 0. The minimum atomic E-state index is 0.507. The second-order valence-corrected chi connectivity index (χ2v) is 3.97. The summed E-state index contributed by atoms with van der Waals surface area (Å²) in [5.74, 6) is 0.896. The fourth-order valence-electron chi connectivity index (χ4n) is 1.45. The Balaban J connectivity index is 2.67. The van der Waals surface area contributed by atoms with Crippen LogP contribution in [0.4, 0.5) is 0 Å². The number of hydrogen-bond acceptors (Lipinski definition) is 3. The van der Waals surface area contributed by atoms with Gasteiger partial charge in [0.1, 0.15) is 5.75 Å². The molecule has 0 amide bonds. The van der Waals surface area contributed by atoms with Crippen molar-refractivity contribution in [3.8, 4) is 5.75 Å². The van der Waals surface area contributed by atoms with E-state index in [2.05, 4.69) is 4.90 Å². The molecule has 0 fully saturated rings. The monoisotopic (exact) mass is 224 g/mol. The van der Waals surface area contributed by atoms with E-state index in [1.165, 1.54) is 0 Å². The van der Waals surface area contributed by atoms with Crippen molar-refractivity contribution in [2.24, 2.45) is 5.73 Å². The largest absolute Gasteiger partial charge is 0.496 e. The minimum Gasteiger partial charge on any atom is -0.496 e. The summed E-state index contributed by atoms with van der Waals surface area (Å²) in [5.41, 5.74) is 6.61. The maximum absolute atomic E-state index is 5.48. The first-order valence-electron chi connectivity index (χ1n) is 4.72. The Hall–Kier alpha value is -1.13. The van der Waals surface area contributed by atoms with Crippen molar-refractivity contribution in [2.45, 2.75) is 6.54 Å². The summed E-state index contributed by atoms with van der Waals surface area (Å²) in [4.78, 5) is 2.56. The molecule has 4 heteroatoms. The van der Waals surface area contributed by atoms with Crippen LogP contribution in [-0.2, 0) is 6.54 Å². The van der Waals surface area contributed by atoms with Gasteiger partial charge in [-0.2, -0.15) is 0 Å². The summed E-state index contributed by atoms with van der Waals surface area (Å²) in [7, 11) is 3.65. The molecule has 0 spiro atoms. The molecule has 82 valence electrons. The van der Waals surface area contributed by atoms with Crippen LogP contribution < -0.4 is 10.5 Å². The standard InChI is InChI=1S/C11H16N2OS/c1-13(8-11(12)15)7-9-5-3-4-6-10(9)14-2/h3-6H,7-8H2,1-2H3,(H2,12,15). The Morgan fingerprint density at radius 3 is 2.73 bits per heavy atom. The zero-order valence-electron chi connectivity index (χ0n) is 9.06. The summed E-state index contributed by atoms with van der Waals surface area (Å²) in [6.45, 7) is 1.40. The van der Waals surface area contributed by atoms with Crippen LogP contribution in [0.1, 0.15) is 5.56 Å². The fourth-order valence-corrected chi connectivity index (χ4v) is 1.67. The van der Waals surface area contributed by atoms with E-state index in [1.54, 1.807) is 7.11 Å². The average Bonchev–Trinajstić information content (AvgIpc) is 2.17. The first kappa shape index (κ1) is 11.9. The Morgan fingerprint density at radius 1 is 1.47 bits per heavy atom. The third-order valence-corrected chi connectivity index (χ3v) is 2.19. The van der Waals surface area contributed by atoms with Gasteiger partial charge in [-0.3, -0.25) is 4.90 Å². The second-order valence-electron chi connectivity index (χ2n) is 3.45. The van der Waals surface area contributed by atoms with Gasteiger partial charge in [0.25, 0.3) is 0 Å². The molecule has 1 rings (SSSR count). The number of thiocarbonyl (C=S) groups is 1. The Morgan fingerprint density at radius 2 is 2.13 bits per heavy atom. The topological polar surface area (TPSA) is 38.5 Å². The van der Waals surface area contributed by atoms with Crippen LogP contribution in [0.3, 0.4) is 0 Å². The highest BCUT2D eigenvalue weighted by Crippen LogP contribution is 2.18. The maximum atomic E-state index is 5.48. The minimum absolute atomic E-state index is 0.507. The molecule has 0 aliphatic rings. The first-order valence-corrected chi connectivity index (χ1v) is 5.13. The lowest BCUT2D eigenvalue weighted by molar-refractivity contribution is 0.355. The summed E-state index contributed by atoms with van der Waals surface area (Å²) >= 11 is 4.85. The van der Waals surface area contributed by atoms with Crippen molar-refractivity contribution in [3.05, 3.63) is 29.8 Å². The number of hydrogen-bond donors (Lipinski definition) is 1. The third kappa shape index (κ3) is 3.85. The molecule has 2 N–H and O–H groups in total. The van der Waals surface area contributed by atoms with Gasteiger partial charge in [0.05, 0.1) is 12.1 Å². The quantitative estimate of drug-likeness (QED) is 0.768. The molecule has 0 saturated heterocycles. The fraction of sp³-hybridized carbons (Fsp3) is 0.364. The summed E-state index contributed by atoms with van der Waals surface area (Å²) < 4.78 is 5.26. The maximum Gasteiger partial charge on any atom is 0.123 e. The molecule has 0 saturated carbocycles. The van der Waals surface area contributed by atoms with E-state index >= 15 is 0 Å². The third-order valence-electron chi connectivity index (χ3n) is 2.06. The molecule has 0 bridgehead atoms. The number of nitrogens with two attached hydrogens (primary N) is 1. The van der Waals surface area contributed by atoms with Crippen LogP contribution in [0.25, 0.3) is 0 Å². The van der Waals surface area contributed by atoms with Crippen molar-refractivity contribution in [1.82, 2.24) is 4.90 Å². The molecule has 0 radical (unpaired) electrons. The van der Waals surface area contributed by atoms with Gasteiger partial charge in [-0.1, -0.05) is 30.4 Å². The van der Waals surface area contributed by atoms with Gasteiger partial charge < -0.3 is 10.5 Å². The van der Waals surface area contributed by atoms with Crippen molar-refractivity contribution >= 4 is 17.2 Å². The molecule has 0 unspecified atom stereocenters. The lowest BCUT2D eigenvalue weighted by Crippen LogP contribution is -2.29. The molecule has 1 aromatic rings. The summed E-state index contributed by atoms with van der Waals surface area (Å²) in [5, 5.41) is 0. The zero-order valence-corrected chi connectivity index (χ0v) is 9.88. The molecule has 0 heterocycles. The van der Waals surface area contributed by atoms with Gasteiger partial charge in [-0.15, -0.1) is 0 Å². The Kier molecular flexibility index (Phi) is 4.52. The van der Waals surface area contributed by atoms with Gasteiger partial charge in [0.2, 0.25) is 0 Å². The smallest absolute Gasteiger partial charge is 0.123 e. The van der Waals surface area contributed by atoms with E-state index in [1.807, 2.05) is 31.3 Å². The lowest BCUT2D eigenvalue weighted by atomic mass is 10.2. The summed E-state index contributed by atoms with van der Waals surface area (Å²) in [6, 6.07) is 7.93. The van der Waals surface area contributed by atoms with Crippen molar-refractivity contribution < 1.29 is 4.74 Å². The SMILES string of the molecule is COc1ccccc1CN(C)CC(N)=S. The molecule has 0 aromatic heterocycles. The van der Waals surface area contributed by atoms with E-state index in [-0.39, 0.29) is 0 Å². The highest BCUT2D eigenvalue weighted by molar-refractivity contribution is 7.80. The van der Waals surface area contributed by atoms with E-state index < -0.39 is 0 Å². The number of likely N-dealkylation sites (N-methyl/N-ethyl adjacent to an activating group) is 1. The van der Waals surface area contributed by atoms with E-state index in [0.29, 0.717) is 11.5 Å². The number of para-hydroxylation sites is 1. The van der Waals surface area contributed by atoms with E-state index in [0.717, 1.165) is 17.9 Å². The van der Waals surface area contributed by atoms with Crippen LogP contribution in [0, 0.1) is 0 Å². The number of nitrogens with zero attached hydrogens (tertiary/aromatic N) is 1. The highest BCUT2D eigenvalue weighted by Gasteiger charge is 2.05. The van der Waals surface area contributed by atoms with Crippen LogP contribution in [0.15, 0.2) is 24.3 Å². The predicted molar refractivity (Wildman–Crippen MR) is 66.1 cm³/mol. The molecular formula is C11H16N2OS.